The van der Waals surface area contributed by atoms with Crippen molar-refractivity contribution in [2.24, 2.45) is 5.92 Å². The summed E-state index contributed by atoms with van der Waals surface area (Å²) in [5.41, 5.74) is 4.10. The molecule has 2 aromatic carbocycles. The van der Waals surface area contributed by atoms with Gasteiger partial charge >= 0.3 is 6.09 Å². The van der Waals surface area contributed by atoms with Gasteiger partial charge in [0, 0.05) is 52.9 Å². The Hall–Kier alpha value is -5.34. The first-order chi connectivity index (χ1) is 23.7. The number of carbonyl (C=O) groups is 3. The third-order valence-corrected chi connectivity index (χ3v) is 9.51. The van der Waals surface area contributed by atoms with Crippen LogP contribution in [0, 0.1) is 5.92 Å². The molecule has 4 aromatic rings. The van der Waals surface area contributed by atoms with Gasteiger partial charge < -0.3 is 25.4 Å². The number of hydrogen-bond acceptors (Lipinski definition) is 10. The third-order valence-electron chi connectivity index (χ3n) is 9.28. The number of likely N-dealkylation sites (tertiary alicyclic amines) is 1. The fourth-order valence-electron chi connectivity index (χ4n) is 6.65. The normalized spacial score (nSPS) is 21.6. The van der Waals surface area contributed by atoms with Crippen LogP contribution in [0.15, 0.2) is 67.1 Å². The molecule has 1 unspecified atom stereocenters. The summed E-state index contributed by atoms with van der Waals surface area (Å²) in [5.74, 6) is -0.297. The van der Waals surface area contributed by atoms with Gasteiger partial charge in [-0.1, -0.05) is 24.1 Å². The van der Waals surface area contributed by atoms with Gasteiger partial charge in [-0.25, -0.2) is 4.79 Å². The van der Waals surface area contributed by atoms with Gasteiger partial charge in [0.2, 0.25) is 11.8 Å². The molecule has 1 aliphatic carbocycles. The SMILES string of the molecule is COC(=O)Nc1ccc2c(c1)N[C@@H](C(=O)N1CC(O)C1)CCC[C@@H]1CC1(NC(=O)/C=C/c1cc(Cl)ccc1-n1cnnn1)c1cc-2ccn1. The number of tetrazole rings is 1. The first kappa shape index (κ1) is 32.2. The lowest BCUT2D eigenvalue weighted by Gasteiger charge is -2.38. The summed E-state index contributed by atoms with van der Waals surface area (Å²) in [4.78, 5) is 45.6. The molecule has 252 valence electrons. The number of anilines is 2. The molecular weight excluding hydrogens is 650 g/mol. The maximum atomic E-state index is 13.6. The predicted molar refractivity (Wildman–Crippen MR) is 181 cm³/mol. The van der Waals surface area contributed by atoms with Crippen LogP contribution in [0.4, 0.5) is 16.2 Å². The maximum absolute atomic E-state index is 13.6. The summed E-state index contributed by atoms with van der Waals surface area (Å²) < 4.78 is 6.28. The Morgan fingerprint density at radius 2 is 1.98 bits per heavy atom. The van der Waals surface area contributed by atoms with Gasteiger partial charge in [0.15, 0.2) is 0 Å². The van der Waals surface area contributed by atoms with Crippen molar-refractivity contribution in [3.8, 4) is 16.8 Å². The summed E-state index contributed by atoms with van der Waals surface area (Å²) in [6.07, 6.45) is 7.85. The van der Waals surface area contributed by atoms with Crippen molar-refractivity contribution < 1.29 is 24.2 Å². The number of rotatable bonds is 6. The summed E-state index contributed by atoms with van der Waals surface area (Å²) in [6, 6.07) is 13.9. The van der Waals surface area contributed by atoms with Crippen molar-refractivity contribution in [3.63, 3.8) is 0 Å². The predicted octanol–water partition coefficient (Wildman–Crippen LogP) is 3.77. The molecule has 4 heterocycles. The Bertz CT molecular complexity index is 1930. The zero-order valence-electron chi connectivity index (χ0n) is 26.5. The molecule has 0 spiro atoms. The van der Waals surface area contributed by atoms with Crippen molar-refractivity contribution in [1.82, 2.24) is 35.4 Å². The lowest BCUT2D eigenvalue weighted by atomic mass is 9.95. The highest BCUT2D eigenvalue weighted by Crippen LogP contribution is 2.54. The van der Waals surface area contributed by atoms with Crippen LogP contribution in [0.5, 0.6) is 0 Å². The quantitative estimate of drug-likeness (QED) is 0.219. The number of nitrogens with zero attached hydrogens (tertiary/aromatic N) is 6. The van der Waals surface area contributed by atoms with Crippen LogP contribution in [0.1, 0.15) is 36.9 Å². The molecule has 4 N–H and O–H groups in total. The van der Waals surface area contributed by atoms with Gasteiger partial charge in [-0.15, -0.1) is 5.10 Å². The molecule has 0 radical (unpaired) electrons. The summed E-state index contributed by atoms with van der Waals surface area (Å²) >= 11 is 6.27. The molecule has 2 fully saturated rings. The van der Waals surface area contributed by atoms with E-state index < -0.39 is 23.8 Å². The number of hydrogen-bond donors (Lipinski definition) is 4. The van der Waals surface area contributed by atoms with Gasteiger partial charge in [0.05, 0.1) is 30.1 Å². The molecule has 3 atom stereocenters. The van der Waals surface area contributed by atoms with E-state index in [1.165, 1.54) is 24.2 Å². The first-order valence-electron chi connectivity index (χ1n) is 15.9. The third kappa shape index (κ3) is 6.69. The molecule has 3 aliphatic rings. The number of aliphatic hydroxyl groups is 1. The number of fused-ring (bicyclic) bond motifs is 6. The van der Waals surface area contributed by atoms with Crippen LogP contribution >= 0.6 is 11.6 Å². The van der Waals surface area contributed by atoms with E-state index in [9.17, 15) is 19.5 Å². The van der Waals surface area contributed by atoms with Gasteiger partial charge in [-0.2, -0.15) is 4.68 Å². The van der Waals surface area contributed by atoms with Gasteiger partial charge in [0.1, 0.15) is 12.4 Å². The smallest absolute Gasteiger partial charge is 0.411 e. The monoisotopic (exact) mass is 683 g/mol. The van der Waals surface area contributed by atoms with E-state index in [1.807, 2.05) is 18.2 Å². The highest BCUT2D eigenvalue weighted by Gasteiger charge is 2.57. The van der Waals surface area contributed by atoms with Gasteiger partial charge in [0.25, 0.3) is 0 Å². The fourth-order valence-corrected chi connectivity index (χ4v) is 6.83. The van der Waals surface area contributed by atoms with Crippen molar-refractivity contribution in [3.05, 3.63) is 83.4 Å². The molecule has 3 amide bonds. The van der Waals surface area contributed by atoms with Crippen LogP contribution in [-0.2, 0) is 19.9 Å². The topological polar surface area (TPSA) is 176 Å². The van der Waals surface area contributed by atoms with E-state index in [2.05, 4.69) is 31.5 Å². The molecule has 7 rings (SSSR count). The Kier molecular flexibility index (Phi) is 8.73. The maximum Gasteiger partial charge on any atom is 0.411 e. The Morgan fingerprint density at radius 3 is 2.76 bits per heavy atom. The van der Waals surface area contributed by atoms with Crippen LogP contribution < -0.4 is 16.0 Å². The molecular formula is C34H34ClN9O5. The fraction of sp³-hybridized carbons (Fsp3) is 0.324. The molecule has 2 aliphatic heterocycles. The number of methoxy groups -OCH3 is 1. The van der Waals surface area contributed by atoms with Crippen molar-refractivity contribution in [1.29, 1.82) is 0 Å². The number of pyridine rings is 1. The van der Waals surface area contributed by atoms with E-state index in [4.69, 9.17) is 21.3 Å². The molecule has 15 heteroatoms. The number of nitrogens with one attached hydrogen (secondary N) is 3. The highest BCUT2D eigenvalue weighted by atomic mass is 35.5. The minimum absolute atomic E-state index is 0.0994. The van der Waals surface area contributed by atoms with Gasteiger partial charge in [-0.05, 0) is 89.7 Å². The van der Waals surface area contributed by atoms with Crippen molar-refractivity contribution >= 4 is 47.0 Å². The Balaban J connectivity index is 1.20. The molecule has 14 nitrogen and oxygen atoms in total. The number of aliphatic hydroxyl groups excluding tert-OH is 1. The number of aromatic nitrogens is 5. The van der Waals surface area contributed by atoms with Crippen LogP contribution in [0.3, 0.4) is 0 Å². The zero-order chi connectivity index (χ0) is 34.1. The number of benzene rings is 2. The number of carbonyl (C=O) groups excluding carboxylic acids is 3. The van der Waals surface area contributed by atoms with E-state index in [0.717, 1.165) is 23.2 Å². The van der Waals surface area contributed by atoms with E-state index >= 15 is 0 Å². The molecule has 2 bridgehead atoms. The lowest BCUT2D eigenvalue weighted by molar-refractivity contribution is -0.142. The summed E-state index contributed by atoms with van der Waals surface area (Å²) in [5, 5.41) is 31.2. The second kappa shape index (κ2) is 13.3. The number of halogens is 1. The first-order valence-corrected chi connectivity index (χ1v) is 16.3. The Labute approximate surface area is 286 Å². The van der Waals surface area contributed by atoms with E-state index in [1.54, 1.807) is 47.5 Å². The van der Waals surface area contributed by atoms with Crippen molar-refractivity contribution in [2.75, 3.05) is 30.8 Å². The largest absolute Gasteiger partial charge is 0.453 e. The molecule has 1 saturated heterocycles. The van der Waals surface area contributed by atoms with E-state index in [0.29, 0.717) is 60.0 Å². The number of β-amino-alcohol motifs (C(OH)–C–C–N with tert-alkyl or cyclic N) is 1. The van der Waals surface area contributed by atoms with Crippen LogP contribution in [-0.4, -0.2) is 85.5 Å². The van der Waals surface area contributed by atoms with E-state index in [-0.39, 0.29) is 17.7 Å². The minimum atomic E-state index is -0.704. The van der Waals surface area contributed by atoms with Gasteiger partial charge in [-0.3, -0.25) is 19.9 Å². The van der Waals surface area contributed by atoms with Crippen molar-refractivity contribution in [2.45, 2.75) is 43.4 Å². The summed E-state index contributed by atoms with van der Waals surface area (Å²) in [7, 11) is 1.29. The highest BCUT2D eigenvalue weighted by molar-refractivity contribution is 6.30. The number of ether oxygens (including phenoxy) is 1. The zero-order valence-corrected chi connectivity index (χ0v) is 27.3. The van der Waals surface area contributed by atoms with Crippen LogP contribution in [0.25, 0.3) is 22.9 Å². The average molecular weight is 684 g/mol. The summed E-state index contributed by atoms with van der Waals surface area (Å²) in [6.45, 7) is 0.582. The lowest BCUT2D eigenvalue weighted by Crippen LogP contribution is -2.57. The molecule has 49 heavy (non-hydrogen) atoms. The average Bonchev–Trinajstić information content (AvgIpc) is 3.49. The van der Waals surface area contributed by atoms with Crippen LogP contribution in [0.2, 0.25) is 5.02 Å². The number of amides is 3. The molecule has 2 aromatic heterocycles. The second-order valence-corrected chi connectivity index (χ2v) is 12.9. The molecule has 1 saturated carbocycles. The second-order valence-electron chi connectivity index (χ2n) is 12.5. The Morgan fingerprint density at radius 1 is 1.12 bits per heavy atom. The minimum Gasteiger partial charge on any atom is -0.453 e. The standard InChI is InChI=1S/C34H34ClN9O5/c1-49-33(48)38-24-7-8-26-20-11-12-36-30(14-20)34(40-31(46)10-5-21-13-23(35)6-9-29(21)44-19-37-41-42-44)16-22(34)3-2-4-27(39-28(26)15-24)32(47)43-17-25(45)18-43/h5-15,19,22,25,27,39,45H,2-4,16-18H2,1H3,(H,38,48)(H,40,46)/b10-5+/t22-,27-,34?/m1/s1.